The Kier molecular flexibility index (Phi) is 10.6. The predicted octanol–water partition coefficient (Wildman–Crippen LogP) is 3.80. The molecule has 0 aliphatic heterocycles. The van der Waals surface area contributed by atoms with E-state index in [-0.39, 0.29) is 11.8 Å². The molecule has 0 heterocycles. The van der Waals surface area contributed by atoms with Crippen LogP contribution in [0.3, 0.4) is 0 Å². The van der Waals surface area contributed by atoms with E-state index in [1.807, 2.05) is 30.3 Å². The molecule has 0 fully saturated rings. The molecule has 0 aromatic heterocycles. The predicted molar refractivity (Wildman–Crippen MR) is 94.1 cm³/mol. The summed E-state index contributed by atoms with van der Waals surface area (Å²) in [5, 5.41) is 2.96. The lowest BCUT2D eigenvalue weighted by Gasteiger charge is -2.05. The van der Waals surface area contributed by atoms with Gasteiger partial charge in [0.25, 0.3) is 5.91 Å². The molecule has 4 nitrogen and oxygen atoms in total. The number of rotatable bonds is 13. The van der Waals surface area contributed by atoms with E-state index in [0.29, 0.717) is 6.42 Å². The van der Waals surface area contributed by atoms with Crippen LogP contribution in [-0.2, 0) is 4.79 Å². The number of nitrogens with one attached hydrogen (secondary N) is 1. The van der Waals surface area contributed by atoms with Crippen LogP contribution in [0, 0.1) is 0 Å². The average Bonchev–Trinajstić information content (AvgIpc) is 2.56. The lowest BCUT2D eigenvalue weighted by Crippen LogP contribution is -2.24. The second-order valence-electron chi connectivity index (χ2n) is 6.02. The van der Waals surface area contributed by atoms with E-state index in [2.05, 4.69) is 5.32 Å². The van der Waals surface area contributed by atoms with Crippen LogP contribution in [0.2, 0.25) is 0 Å². The van der Waals surface area contributed by atoms with E-state index in [0.717, 1.165) is 37.8 Å². The first-order chi connectivity index (χ1) is 11.2. The maximum Gasteiger partial charge on any atom is 0.251 e. The Balaban J connectivity index is 1.85. The van der Waals surface area contributed by atoms with Crippen LogP contribution in [0.15, 0.2) is 30.3 Å². The maximum atomic E-state index is 11.8. The van der Waals surface area contributed by atoms with Crippen molar-refractivity contribution in [2.24, 2.45) is 5.73 Å². The summed E-state index contributed by atoms with van der Waals surface area (Å²) in [5.41, 5.74) is 5.83. The molecule has 1 aromatic rings. The van der Waals surface area contributed by atoms with E-state index in [1.165, 1.54) is 32.1 Å². The first-order valence-electron chi connectivity index (χ1n) is 8.81. The third kappa shape index (κ3) is 10.5. The van der Waals surface area contributed by atoms with Gasteiger partial charge in [-0.25, -0.2) is 0 Å². The second-order valence-corrected chi connectivity index (χ2v) is 6.02. The van der Waals surface area contributed by atoms with Gasteiger partial charge >= 0.3 is 0 Å². The van der Waals surface area contributed by atoms with Gasteiger partial charge in [0.05, 0.1) is 0 Å². The standard InChI is InChI=1S/C19H30N2O2/c20-18(22)15-11-6-4-2-1-3-5-7-12-16-21-19(23)17-13-9-8-10-14-17/h8-10,13-14H,1-7,11-12,15-16H2,(H2,20,22)(H,21,23). The molecule has 2 amide bonds. The lowest BCUT2D eigenvalue weighted by molar-refractivity contribution is -0.118. The Morgan fingerprint density at radius 1 is 0.783 bits per heavy atom. The molecule has 0 saturated heterocycles. The summed E-state index contributed by atoms with van der Waals surface area (Å²) < 4.78 is 0. The van der Waals surface area contributed by atoms with Crippen LogP contribution in [-0.4, -0.2) is 18.4 Å². The van der Waals surface area contributed by atoms with Gasteiger partial charge in [-0.1, -0.05) is 63.1 Å². The van der Waals surface area contributed by atoms with E-state index >= 15 is 0 Å². The Morgan fingerprint density at radius 2 is 1.30 bits per heavy atom. The van der Waals surface area contributed by atoms with E-state index in [9.17, 15) is 9.59 Å². The highest BCUT2D eigenvalue weighted by Gasteiger charge is 2.02. The van der Waals surface area contributed by atoms with Crippen molar-refractivity contribution in [3.63, 3.8) is 0 Å². The van der Waals surface area contributed by atoms with Gasteiger partial charge in [0.15, 0.2) is 0 Å². The van der Waals surface area contributed by atoms with E-state index < -0.39 is 0 Å². The largest absolute Gasteiger partial charge is 0.370 e. The fraction of sp³-hybridized carbons (Fsp3) is 0.579. The molecule has 0 radical (unpaired) electrons. The summed E-state index contributed by atoms with van der Waals surface area (Å²) in [6.07, 6.45) is 10.9. The number of hydrogen-bond acceptors (Lipinski definition) is 2. The minimum Gasteiger partial charge on any atom is -0.370 e. The second kappa shape index (κ2) is 12.7. The number of hydrogen-bond donors (Lipinski definition) is 2. The third-order valence-corrected chi connectivity index (χ3v) is 3.92. The Labute approximate surface area is 139 Å². The summed E-state index contributed by atoms with van der Waals surface area (Å²) in [4.78, 5) is 22.4. The summed E-state index contributed by atoms with van der Waals surface area (Å²) in [6.45, 7) is 0.751. The molecule has 3 N–H and O–H groups in total. The SMILES string of the molecule is NC(=O)CCCCCCCCCCCNC(=O)c1ccccc1. The van der Waals surface area contributed by atoms with Crippen molar-refractivity contribution in [2.45, 2.75) is 64.2 Å². The Bertz CT molecular complexity index is 446. The van der Waals surface area contributed by atoms with Crippen LogP contribution in [0.25, 0.3) is 0 Å². The normalized spacial score (nSPS) is 10.4. The summed E-state index contributed by atoms with van der Waals surface area (Å²) in [7, 11) is 0. The number of benzene rings is 1. The molecule has 0 atom stereocenters. The fourth-order valence-electron chi connectivity index (χ4n) is 2.56. The maximum absolute atomic E-state index is 11.8. The van der Waals surface area contributed by atoms with Crippen LogP contribution >= 0.6 is 0 Å². The van der Waals surface area contributed by atoms with E-state index in [4.69, 9.17) is 5.73 Å². The van der Waals surface area contributed by atoms with Crippen molar-refractivity contribution in [3.05, 3.63) is 35.9 Å². The summed E-state index contributed by atoms with van der Waals surface area (Å²) >= 11 is 0. The summed E-state index contributed by atoms with van der Waals surface area (Å²) in [6, 6.07) is 9.33. The zero-order chi connectivity index (χ0) is 16.8. The molecular formula is C19H30N2O2. The molecular weight excluding hydrogens is 288 g/mol. The topological polar surface area (TPSA) is 72.2 Å². The van der Waals surface area contributed by atoms with Gasteiger partial charge in [-0.2, -0.15) is 0 Å². The minimum absolute atomic E-state index is 0.0153. The number of carbonyl (C=O) groups is 2. The molecule has 23 heavy (non-hydrogen) atoms. The molecule has 0 bridgehead atoms. The van der Waals surface area contributed by atoms with Gasteiger partial charge < -0.3 is 11.1 Å². The van der Waals surface area contributed by atoms with Gasteiger partial charge in [0.1, 0.15) is 0 Å². The van der Waals surface area contributed by atoms with Crippen molar-refractivity contribution in [3.8, 4) is 0 Å². The van der Waals surface area contributed by atoms with Crippen molar-refractivity contribution in [2.75, 3.05) is 6.54 Å². The van der Waals surface area contributed by atoms with Gasteiger partial charge in [-0.05, 0) is 25.0 Å². The molecule has 0 spiro atoms. The molecule has 4 heteroatoms. The van der Waals surface area contributed by atoms with Crippen LogP contribution in [0.4, 0.5) is 0 Å². The quantitative estimate of drug-likeness (QED) is 0.543. The van der Waals surface area contributed by atoms with Gasteiger partial charge in [0.2, 0.25) is 5.91 Å². The molecule has 0 aliphatic rings. The number of unbranched alkanes of at least 4 members (excludes halogenated alkanes) is 8. The molecule has 0 saturated carbocycles. The van der Waals surface area contributed by atoms with E-state index in [1.54, 1.807) is 0 Å². The Morgan fingerprint density at radius 3 is 1.87 bits per heavy atom. The Hall–Kier alpha value is -1.84. The van der Waals surface area contributed by atoms with Gasteiger partial charge in [-0.15, -0.1) is 0 Å². The average molecular weight is 318 g/mol. The minimum atomic E-state index is -0.190. The highest BCUT2D eigenvalue weighted by Crippen LogP contribution is 2.10. The first kappa shape index (κ1) is 19.2. The number of primary amides is 1. The monoisotopic (exact) mass is 318 g/mol. The first-order valence-corrected chi connectivity index (χ1v) is 8.81. The number of nitrogens with two attached hydrogens (primary N) is 1. The molecule has 128 valence electrons. The fourth-order valence-corrected chi connectivity index (χ4v) is 2.56. The van der Waals surface area contributed by atoms with Gasteiger partial charge in [-0.3, -0.25) is 9.59 Å². The highest BCUT2D eigenvalue weighted by atomic mass is 16.1. The van der Waals surface area contributed by atoms with Crippen molar-refractivity contribution >= 4 is 11.8 Å². The molecule has 1 rings (SSSR count). The van der Waals surface area contributed by atoms with Gasteiger partial charge in [0, 0.05) is 18.5 Å². The van der Waals surface area contributed by atoms with Crippen molar-refractivity contribution < 1.29 is 9.59 Å². The number of carbonyl (C=O) groups excluding carboxylic acids is 2. The third-order valence-electron chi connectivity index (χ3n) is 3.92. The highest BCUT2D eigenvalue weighted by molar-refractivity contribution is 5.94. The lowest BCUT2D eigenvalue weighted by atomic mass is 10.1. The van der Waals surface area contributed by atoms with Crippen LogP contribution in [0.1, 0.15) is 74.6 Å². The summed E-state index contributed by atoms with van der Waals surface area (Å²) in [5.74, 6) is -0.175. The number of amides is 2. The zero-order valence-electron chi connectivity index (χ0n) is 14.1. The van der Waals surface area contributed by atoms with Crippen molar-refractivity contribution in [1.29, 1.82) is 0 Å². The van der Waals surface area contributed by atoms with Crippen LogP contribution < -0.4 is 11.1 Å². The molecule has 0 aliphatic carbocycles. The molecule has 0 unspecified atom stereocenters. The molecule has 1 aromatic carbocycles. The smallest absolute Gasteiger partial charge is 0.251 e. The zero-order valence-corrected chi connectivity index (χ0v) is 14.1. The van der Waals surface area contributed by atoms with Crippen LogP contribution in [0.5, 0.6) is 0 Å². The van der Waals surface area contributed by atoms with Crippen molar-refractivity contribution in [1.82, 2.24) is 5.32 Å².